The average Bonchev–Trinajstić information content (AvgIpc) is 3.30. The Kier molecular flexibility index (Phi) is 7.76. The molecule has 1 aliphatic heterocycles. The van der Waals surface area contributed by atoms with Crippen molar-refractivity contribution < 1.29 is 41.3 Å². The first-order valence-electron chi connectivity index (χ1n) is 13.6. The Morgan fingerprint density at radius 3 is 2.43 bits per heavy atom. The number of benzene rings is 3. The topological polar surface area (TPSA) is 86.5 Å². The van der Waals surface area contributed by atoms with Crippen LogP contribution in [0.4, 0.5) is 22.0 Å². The van der Waals surface area contributed by atoms with Crippen molar-refractivity contribution in [2.24, 2.45) is 0 Å². The number of fused-ring (bicyclic) bond motifs is 1. The molecule has 3 aromatic carbocycles. The molecule has 7 nitrogen and oxygen atoms in total. The molecular weight excluding hydrogens is 585 g/mol. The summed E-state index contributed by atoms with van der Waals surface area (Å²) in [5.41, 5.74) is 1.36. The number of pyridine rings is 1. The zero-order valence-corrected chi connectivity index (χ0v) is 22.9. The predicted molar refractivity (Wildman–Crippen MR) is 149 cm³/mol. The summed E-state index contributed by atoms with van der Waals surface area (Å²) in [6, 6.07) is 16.2. The molecular formula is C32H24F5N3O4. The molecule has 1 atom stereocenters. The van der Waals surface area contributed by atoms with E-state index in [1.807, 2.05) is 4.57 Å². The van der Waals surface area contributed by atoms with Crippen LogP contribution in [-0.4, -0.2) is 38.3 Å². The van der Waals surface area contributed by atoms with Crippen molar-refractivity contribution in [3.05, 3.63) is 113 Å². The van der Waals surface area contributed by atoms with Gasteiger partial charge in [-0.05, 0) is 54.4 Å². The third-order valence-electron chi connectivity index (χ3n) is 7.43. The number of alkyl halides is 3. The number of hydrogen-bond donors (Lipinski definition) is 1. The van der Waals surface area contributed by atoms with Gasteiger partial charge in [0.05, 0.1) is 40.5 Å². The molecule has 1 fully saturated rings. The largest absolute Gasteiger partial charge is 0.478 e. The van der Waals surface area contributed by atoms with Crippen LogP contribution in [0.2, 0.25) is 0 Å². The molecule has 6 rings (SSSR count). The van der Waals surface area contributed by atoms with Crippen LogP contribution >= 0.6 is 0 Å². The first-order valence-corrected chi connectivity index (χ1v) is 13.6. The Morgan fingerprint density at radius 1 is 0.977 bits per heavy atom. The minimum atomic E-state index is -4.66. The summed E-state index contributed by atoms with van der Waals surface area (Å²) in [7, 11) is 0. The molecule has 0 spiro atoms. The highest BCUT2D eigenvalue weighted by atomic mass is 19.4. The van der Waals surface area contributed by atoms with E-state index in [-0.39, 0.29) is 36.1 Å². The van der Waals surface area contributed by atoms with Crippen LogP contribution in [0.15, 0.2) is 72.8 Å². The minimum absolute atomic E-state index is 0.0387. The van der Waals surface area contributed by atoms with Gasteiger partial charge in [0, 0.05) is 30.2 Å². The summed E-state index contributed by atoms with van der Waals surface area (Å²) in [6.45, 7) is 0.756. The molecule has 0 amide bonds. The molecule has 0 unspecified atom stereocenters. The summed E-state index contributed by atoms with van der Waals surface area (Å²) in [5.74, 6) is -1.97. The molecule has 44 heavy (non-hydrogen) atoms. The molecule has 0 aliphatic carbocycles. The molecule has 0 saturated carbocycles. The first-order chi connectivity index (χ1) is 21.0. The lowest BCUT2D eigenvalue weighted by molar-refractivity contribution is -0.137. The van der Waals surface area contributed by atoms with E-state index in [4.69, 9.17) is 9.47 Å². The van der Waals surface area contributed by atoms with Gasteiger partial charge in [0.15, 0.2) is 0 Å². The van der Waals surface area contributed by atoms with Gasteiger partial charge >= 0.3 is 12.1 Å². The number of carboxylic acid groups (broad SMARTS) is 1. The van der Waals surface area contributed by atoms with Crippen LogP contribution in [0, 0.1) is 11.6 Å². The van der Waals surface area contributed by atoms with E-state index in [2.05, 4.69) is 9.97 Å². The quantitative estimate of drug-likeness (QED) is 0.180. The Hall–Kier alpha value is -4.84. The number of hydrogen-bond acceptors (Lipinski definition) is 5. The summed E-state index contributed by atoms with van der Waals surface area (Å²) in [6.07, 6.45) is -3.70. The maximum absolute atomic E-state index is 15.4. The second-order valence-electron chi connectivity index (χ2n) is 10.4. The van der Waals surface area contributed by atoms with Crippen molar-refractivity contribution in [3.63, 3.8) is 0 Å². The standard InChI is InChI=1S/C32H24F5N3O4/c33-24-12-19(26-2-1-3-30(39-26)44-17-21-6-8-22(15-25(21)34)32(35,36)37)5-4-18(24)14-29-38-27-9-7-20(31(41)42)13-28(27)40(29)16-23-10-11-43-23/h1-9,12-13,15,23H,10-11,14,16-17H2,(H,41,42)/t23-/m0/s1. The van der Waals surface area contributed by atoms with Gasteiger partial charge in [-0.2, -0.15) is 13.2 Å². The van der Waals surface area contributed by atoms with Gasteiger partial charge in [0.2, 0.25) is 5.88 Å². The number of ether oxygens (including phenoxy) is 2. The lowest BCUT2D eigenvalue weighted by Crippen LogP contribution is -2.31. The molecule has 1 aliphatic rings. The fourth-order valence-corrected chi connectivity index (χ4v) is 4.95. The van der Waals surface area contributed by atoms with Crippen molar-refractivity contribution in [1.82, 2.24) is 14.5 Å². The Morgan fingerprint density at radius 2 is 1.75 bits per heavy atom. The Labute approximate surface area is 247 Å². The third kappa shape index (κ3) is 6.11. The lowest BCUT2D eigenvalue weighted by atomic mass is 10.1. The molecule has 3 heterocycles. The predicted octanol–water partition coefficient (Wildman–Crippen LogP) is 7.05. The fourth-order valence-electron chi connectivity index (χ4n) is 4.95. The van der Waals surface area contributed by atoms with Gasteiger partial charge in [-0.1, -0.05) is 24.3 Å². The van der Waals surface area contributed by atoms with E-state index in [1.165, 1.54) is 18.2 Å². The number of rotatable bonds is 9. The third-order valence-corrected chi connectivity index (χ3v) is 7.43. The zero-order valence-electron chi connectivity index (χ0n) is 22.9. The van der Waals surface area contributed by atoms with Crippen LogP contribution in [0.3, 0.4) is 0 Å². The molecule has 2 aromatic heterocycles. The van der Waals surface area contributed by atoms with Crippen molar-refractivity contribution >= 4 is 17.0 Å². The van der Waals surface area contributed by atoms with Gasteiger partial charge in [-0.3, -0.25) is 0 Å². The van der Waals surface area contributed by atoms with Gasteiger partial charge in [0.25, 0.3) is 0 Å². The van der Waals surface area contributed by atoms with Crippen LogP contribution < -0.4 is 4.74 Å². The highest BCUT2D eigenvalue weighted by Crippen LogP contribution is 2.31. The highest BCUT2D eigenvalue weighted by molar-refractivity contribution is 5.92. The average molecular weight is 610 g/mol. The Bertz CT molecular complexity index is 1870. The van der Waals surface area contributed by atoms with Gasteiger partial charge in [0.1, 0.15) is 24.1 Å². The van der Waals surface area contributed by atoms with Crippen molar-refractivity contribution in [2.45, 2.75) is 38.3 Å². The Balaban J connectivity index is 1.21. The van der Waals surface area contributed by atoms with Crippen LogP contribution in [-0.2, 0) is 30.5 Å². The lowest BCUT2D eigenvalue weighted by Gasteiger charge is -2.27. The normalized spacial score (nSPS) is 14.9. The minimum Gasteiger partial charge on any atom is -0.478 e. The van der Waals surface area contributed by atoms with Gasteiger partial charge < -0.3 is 19.1 Å². The van der Waals surface area contributed by atoms with Crippen molar-refractivity contribution in [1.29, 1.82) is 0 Å². The summed E-state index contributed by atoms with van der Waals surface area (Å²) < 4.78 is 81.1. The summed E-state index contributed by atoms with van der Waals surface area (Å²) in [4.78, 5) is 20.5. The molecule has 1 saturated heterocycles. The van der Waals surface area contributed by atoms with Gasteiger partial charge in [-0.25, -0.2) is 23.5 Å². The zero-order chi connectivity index (χ0) is 31.0. The molecule has 5 aromatic rings. The van der Waals surface area contributed by atoms with Gasteiger partial charge in [-0.15, -0.1) is 0 Å². The van der Waals surface area contributed by atoms with E-state index >= 15 is 4.39 Å². The smallest absolute Gasteiger partial charge is 0.416 e. The monoisotopic (exact) mass is 609 g/mol. The van der Waals surface area contributed by atoms with Crippen molar-refractivity contribution in [2.75, 3.05) is 6.61 Å². The van der Waals surface area contributed by atoms with E-state index in [1.54, 1.807) is 36.4 Å². The maximum atomic E-state index is 15.4. The number of imidazole rings is 1. The molecule has 0 radical (unpaired) electrons. The summed E-state index contributed by atoms with van der Waals surface area (Å²) in [5, 5.41) is 9.45. The second-order valence-corrected chi connectivity index (χ2v) is 10.4. The van der Waals surface area contributed by atoms with Crippen LogP contribution in [0.25, 0.3) is 22.3 Å². The highest BCUT2D eigenvalue weighted by Gasteiger charge is 2.31. The number of carbonyl (C=O) groups is 1. The maximum Gasteiger partial charge on any atom is 0.416 e. The molecule has 0 bridgehead atoms. The summed E-state index contributed by atoms with van der Waals surface area (Å²) >= 11 is 0. The fraction of sp³-hybridized carbons (Fsp3) is 0.219. The number of aromatic carboxylic acids is 1. The number of halogens is 5. The molecule has 12 heteroatoms. The van der Waals surface area contributed by atoms with Crippen molar-refractivity contribution in [3.8, 4) is 17.1 Å². The molecule has 1 N–H and O–H groups in total. The van der Waals surface area contributed by atoms with Crippen LogP contribution in [0.5, 0.6) is 5.88 Å². The molecule has 226 valence electrons. The number of carboxylic acids is 1. The SMILES string of the molecule is O=C(O)c1ccc2nc(Cc3ccc(-c4cccc(OCc5ccc(C(F)(F)F)cc5F)n4)cc3F)n(C[C@@H]3CCO3)c2c1. The number of aromatic nitrogens is 3. The van der Waals surface area contributed by atoms with E-state index in [0.717, 1.165) is 18.6 Å². The second kappa shape index (κ2) is 11.7. The van der Waals surface area contributed by atoms with E-state index in [0.29, 0.717) is 52.9 Å². The van der Waals surface area contributed by atoms with Crippen LogP contribution in [0.1, 0.15) is 39.3 Å². The van der Waals surface area contributed by atoms with E-state index < -0.39 is 29.3 Å². The number of nitrogens with zero attached hydrogens (tertiary/aromatic N) is 3. The first kappa shape index (κ1) is 29.2. The van der Waals surface area contributed by atoms with E-state index in [9.17, 15) is 27.5 Å².